The number of aromatic nitrogens is 3. The minimum atomic E-state index is -0.541. The number of rotatable bonds is 5. The number of hydrogen-bond acceptors (Lipinski definition) is 6. The number of ketones is 1. The molecule has 0 fully saturated rings. The molecule has 21 heavy (non-hydrogen) atoms. The molecule has 7 heteroatoms. The van der Waals surface area contributed by atoms with Gasteiger partial charge in [0.25, 0.3) is 0 Å². The maximum atomic E-state index is 12.1. The van der Waals surface area contributed by atoms with Gasteiger partial charge in [-0.25, -0.2) is 4.79 Å². The van der Waals surface area contributed by atoms with E-state index in [9.17, 15) is 9.59 Å². The predicted octanol–water partition coefficient (Wildman–Crippen LogP) is 2.10. The molecule has 0 radical (unpaired) electrons. The standard InChI is InChI=1S/C14H17N3O3S/c1-5-11-13(21-16-15-11)14(19)20-7-12(18)10-6-8(2)17(4)9(10)3/h6H,5,7H2,1-4H3. The molecule has 0 saturated carbocycles. The van der Waals surface area contributed by atoms with Crippen LogP contribution in [0.3, 0.4) is 0 Å². The Balaban J connectivity index is 2.04. The zero-order valence-electron chi connectivity index (χ0n) is 12.5. The van der Waals surface area contributed by atoms with Gasteiger partial charge in [0.05, 0.1) is 5.69 Å². The van der Waals surface area contributed by atoms with Gasteiger partial charge in [0.15, 0.2) is 11.5 Å². The monoisotopic (exact) mass is 307 g/mol. The molecular weight excluding hydrogens is 290 g/mol. The molecular formula is C14H17N3O3S. The highest BCUT2D eigenvalue weighted by Crippen LogP contribution is 2.16. The van der Waals surface area contributed by atoms with Crippen LogP contribution in [0.2, 0.25) is 0 Å². The molecule has 0 aliphatic rings. The van der Waals surface area contributed by atoms with E-state index in [0.717, 1.165) is 22.9 Å². The number of nitrogens with zero attached hydrogens (tertiary/aromatic N) is 3. The Kier molecular flexibility index (Phi) is 4.52. The van der Waals surface area contributed by atoms with Crippen LogP contribution in [0.4, 0.5) is 0 Å². The van der Waals surface area contributed by atoms with E-state index in [-0.39, 0.29) is 12.4 Å². The summed E-state index contributed by atoms with van der Waals surface area (Å²) >= 11 is 0.988. The van der Waals surface area contributed by atoms with Crippen molar-refractivity contribution in [2.75, 3.05) is 6.61 Å². The molecule has 0 aliphatic heterocycles. The van der Waals surface area contributed by atoms with Crippen molar-refractivity contribution in [2.45, 2.75) is 27.2 Å². The fraction of sp³-hybridized carbons (Fsp3) is 0.429. The Bertz CT molecular complexity index is 688. The summed E-state index contributed by atoms with van der Waals surface area (Å²) in [5.41, 5.74) is 3.04. The van der Waals surface area contributed by atoms with Crippen LogP contribution in [0, 0.1) is 13.8 Å². The van der Waals surface area contributed by atoms with Crippen LogP contribution in [-0.2, 0) is 18.2 Å². The van der Waals surface area contributed by atoms with Crippen molar-refractivity contribution in [1.29, 1.82) is 0 Å². The van der Waals surface area contributed by atoms with Gasteiger partial charge < -0.3 is 9.30 Å². The van der Waals surface area contributed by atoms with E-state index in [4.69, 9.17) is 4.74 Å². The van der Waals surface area contributed by atoms with Gasteiger partial charge in [0.2, 0.25) is 5.78 Å². The highest BCUT2D eigenvalue weighted by Gasteiger charge is 2.20. The third-order valence-electron chi connectivity index (χ3n) is 3.49. The topological polar surface area (TPSA) is 74.1 Å². The molecule has 0 aromatic carbocycles. The van der Waals surface area contributed by atoms with Gasteiger partial charge >= 0.3 is 5.97 Å². The smallest absolute Gasteiger partial charge is 0.352 e. The van der Waals surface area contributed by atoms with Crippen molar-refractivity contribution >= 4 is 23.3 Å². The molecule has 2 heterocycles. The first-order valence-electron chi connectivity index (χ1n) is 6.60. The zero-order chi connectivity index (χ0) is 15.6. The van der Waals surface area contributed by atoms with E-state index in [1.54, 1.807) is 6.07 Å². The lowest BCUT2D eigenvalue weighted by atomic mass is 10.1. The lowest BCUT2D eigenvalue weighted by Crippen LogP contribution is -2.15. The van der Waals surface area contributed by atoms with Crippen molar-refractivity contribution in [3.8, 4) is 0 Å². The van der Waals surface area contributed by atoms with Crippen molar-refractivity contribution in [3.63, 3.8) is 0 Å². The average molecular weight is 307 g/mol. The second-order valence-electron chi connectivity index (χ2n) is 4.75. The highest BCUT2D eigenvalue weighted by atomic mass is 32.1. The number of hydrogen-bond donors (Lipinski definition) is 0. The molecule has 0 atom stereocenters. The molecule has 2 aromatic rings. The van der Waals surface area contributed by atoms with E-state index in [1.165, 1.54) is 0 Å². The fourth-order valence-electron chi connectivity index (χ4n) is 2.01. The van der Waals surface area contributed by atoms with Crippen LogP contribution < -0.4 is 0 Å². The first-order chi connectivity index (χ1) is 9.95. The molecule has 0 unspecified atom stereocenters. The summed E-state index contributed by atoms with van der Waals surface area (Å²) in [5, 5.41) is 3.85. The number of ether oxygens (including phenoxy) is 1. The van der Waals surface area contributed by atoms with Gasteiger partial charge in [-0.1, -0.05) is 11.4 Å². The summed E-state index contributed by atoms with van der Waals surface area (Å²) in [6, 6.07) is 1.80. The van der Waals surface area contributed by atoms with Gasteiger partial charge in [-0.05, 0) is 37.9 Å². The third kappa shape index (κ3) is 3.02. The van der Waals surface area contributed by atoms with Crippen LogP contribution in [0.15, 0.2) is 6.07 Å². The van der Waals surface area contributed by atoms with Crippen molar-refractivity contribution < 1.29 is 14.3 Å². The molecule has 6 nitrogen and oxygen atoms in total. The number of carbonyl (C=O) groups is 2. The lowest BCUT2D eigenvalue weighted by molar-refractivity contribution is 0.0478. The second kappa shape index (κ2) is 6.17. The maximum absolute atomic E-state index is 12.1. The highest BCUT2D eigenvalue weighted by molar-refractivity contribution is 7.07. The predicted molar refractivity (Wildman–Crippen MR) is 78.8 cm³/mol. The van der Waals surface area contributed by atoms with E-state index in [0.29, 0.717) is 22.6 Å². The Hall–Kier alpha value is -2.02. The summed E-state index contributed by atoms with van der Waals surface area (Å²) in [7, 11) is 1.89. The Morgan fingerprint density at radius 3 is 2.67 bits per heavy atom. The van der Waals surface area contributed by atoms with Crippen LogP contribution in [0.25, 0.3) is 0 Å². The minimum Gasteiger partial charge on any atom is -0.453 e. The third-order valence-corrected chi connectivity index (χ3v) is 4.23. The molecule has 0 N–H and O–H groups in total. The second-order valence-corrected chi connectivity index (χ2v) is 5.50. The van der Waals surface area contributed by atoms with Crippen LogP contribution >= 0.6 is 11.5 Å². The summed E-state index contributed by atoms with van der Waals surface area (Å²) in [4.78, 5) is 24.4. The molecule has 2 aromatic heterocycles. The minimum absolute atomic E-state index is 0.208. The average Bonchev–Trinajstić information content (AvgIpc) is 3.05. The Labute approximate surface area is 126 Å². The summed E-state index contributed by atoms with van der Waals surface area (Å²) < 4.78 is 10.7. The largest absolute Gasteiger partial charge is 0.453 e. The first kappa shape index (κ1) is 15.4. The molecule has 112 valence electrons. The summed E-state index contributed by atoms with van der Waals surface area (Å²) in [5.74, 6) is -0.749. The van der Waals surface area contributed by atoms with Gasteiger partial charge in [0, 0.05) is 24.0 Å². The van der Waals surface area contributed by atoms with E-state index < -0.39 is 5.97 Å². The van der Waals surface area contributed by atoms with Gasteiger partial charge in [-0.3, -0.25) is 4.79 Å². The molecule has 0 spiro atoms. The van der Waals surface area contributed by atoms with E-state index in [2.05, 4.69) is 9.59 Å². The fourth-order valence-corrected chi connectivity index (χ4v) is 2.65. The van der Waals surface area contributed by atoms with Crippen molar-refractivity contribution in [2.24, 2.45) is 7.05 Å². The normalized spacial score (nSPS) is 10.7. The van der Waals surface area contributed by atoms with Gasteiger partial charge in [-0.2, -0.15) is 0 Å². The maximum Gasteiger partial charge on any atom is 0.352 e. The molecule has 0 bridgehead atoms. The lowest BCUT2D eigenvalue weighted by Gasteiger charge is -2.04. The van der Waals surface area contributed by atoms with E-state index in [1.807, 2.05) is 32.4 Å². The van der Waals surface area contributed by atoms with Gasteiger partial charge in [-0.15, -0.1) is 5.10 Å². The van der Waals surface area contributed by atoms with Crippen LogP contribution in [0.5, 0.6) is 0 Å². The number of esters is 1. The van der Waals surface area contributed by atoms with Crippen LogP contribution in [-0.4, -0.2) is 32.5 Å². The number of carbonyl (C=O) groups excluding carboxylic acids is 2. The summed E-state index contributed by atoms with van der Waals surface area (Å²) in [6.45, 7) is 5.40. The molecule has 0 aliphatic carbocycles. The van der Waals surface area contributed by atoms with E-state index >= 15 is 0 Å². The molecule has 0 amide bonds. The number of Topliss-reactive ketones (excluding diaryl/α,β-unsaturated/α-hetero) is 1. The first-order valence-corrected chi connectivity index (χ1v) is 7.37. The van der Waals surface area contributed by atoms with Crippen molar-refractivity contribution in [1.82, 2.24) is 14.2 Å². The van der Waals surface area contributed by atoms with Crippen molar-refractivity contribution in [3.05, 3.63) is 33.6 Å². The van der Waals surface area contributed by atoms with Gasteiger partial charge in [0.1, 0.15) is 0 Å². The SMILES string of the molecule is CCc1nnsc1C(=O)OCC(=O)c1cc(C)n(C)c1C. The molecule has 2 rings (SSSR count). The van der Waals surface area contributed by atoms with Crippen LogP contribution in [0.1, 0.15) is 44.0 Å². The zero-order valence-corrected chi connectivity index (χ0v) is 13.3. The number of aryl methyl sites for hydroxylation is 2. The summed E-state index contributed by atoms with van der Waals surface area (Å²) in [6.07, 6.45) is 0.603. The Morgan fingerprint density at radius 2 is 2.10 bits per heavy atom. The molecule has 0 saturated heterocycles. The Morgan fingerprint density at radius 1 is 1.38 bits per heavy atom. The quantitative estimate of drug-likeness (QED) is 0.624.